The number of nitrogens with zero attached hydrogens (tertiary/aromatic N) is 2. The van der Waals surface area contributed by atoms with E-state index >= 15 is 0 Å². The van der Waals surface area contributed by atoms with Crippen LogP contribution in [0.1, 0.15) is 18.0 Å². The molecule has 0 bridgehead atoms. The summed E-state index contributed by atoms with van der Waals surface area (Å²) in [5, 5.41) is 13.0. The van der Waals surface area contributed by atoms with Gasteiger partial charge in [-0.05, 0) is 12.2 Å². The fourth-order valence-corrected chi connectivity index (χ4v) is 2.59. The molecule has 1 unspecified atom stereocenters. The highest BCUT2D eigenvalue weighted by Crippen LogP contribution is 2.27. The second-order valence-electron chi connectivity index (χ2n) is 3.00. The third kappa shape index (κ3) is 1.49. The third-order valence-electron chi connectivity index (χ3n) is 2.12. The maximum atomic E-state index is 8.84. The van der Waals surface area contributed by atoms with Gasteiger partial charge in [-0.25, -0.2) is 0 Å². The molecule has 1 N–H and O–H groups in total. The van der Waals surface area contributed by atoms with Crippen LogP contribution in [-0.2, 0) is 6.61 Å². The summed E-state index contributed by atoms with van der Waals surface area (Å²) in [4.78, 5) is 0. The van der Waals surface area contributed by atoms with E-state index in [0.29, 0.717) is 6.04 Å². The van der Waals surface area contributed by atoms with Crippen LogP contribution < -0.4 is 0 Å². The van der Waals surface area contributed by atoms with E-state index in [9.17, 15) is 0 Å². The zero-order valence-corrected chi connectivity index (χ0v) is 7.63. The van der Waals surface area contributed by atoms with Gasteiger partial charge in [0.25, 0.3) is 0 Å². The summed E-state index contributed by atoms with van der Waals surface area (Å²) < 4.78 is 1.98. The smallest absolute Gasteiger partial charge is 0.0712 e. The number of aromatic nitrogens is 2. The summed E-state index contributed by atoms with van der Waals surface area (Å²) in [6.07, 6.45) is 4.89. The zero-order chi connectivity index (χ0) is 8.39. The molecular weight excluding hydrogens is 172 g/mol. The van der Waals surface area contributed by atoms with Crippen LogP contribution in [0.3, 0.4) is 0 Å². The summed E-state index contributed by atoms with van der Waals surface area (Å²) in [7, 11) is 0. The fourth-order valence-electron chi connectivity index (χ4n) is 1.39. The molecule has 0 aliphatic carbocycles. The van der Waals surface area contributed by atoms with E-state index in [0.717, 1.165) is 11.3 Å². The molecule has 1 aromatic rings. The number of hydrogen-bond donors (Lipinski definition) is 1. The van der Waals surface area contributed by atoms with Crippen molar-refractivity contribution in [2.45, 2.75) is 19.1 Å². The van der Waals surface area contributed by atoms with Gasteiger partial charge >= 0.3 is 0 Å². The Morgan fingerprint density at radius 2 is 2.67 bits per heavy atom. The van der Waals surface area contributed by atoms with Crippen LogP contribution in [-0.4, -0.2) is 26.4 Å². The monoisotopic (exact) mass is 184 g/mol. The molecule has 1 saturated heterocycles. The van der Waals surface area contributed by atoms with Crippen LogP contribution in [0.25, 0.3) is 0 Å². The van der Waals surface area contributed by atoms with Crippen molar-refractivity contribution in [3.63, 3.8) is 0 Å². The van der Waals surface area contributed by atoms with E-state index < -0.39 is 0 Å². The first-order valence-corrected chi connectivity index (χ1v) is 5.27. The van der Waals surface area contributed by atoms with Crippen LogP contribution >= 0.6 is 11.8 Å². The Labute approximate surface area is 75.8 Å². The van der Waals surface area contributed by atoms with Crippen LogP contribution in [0.5, 0.6) is 0 Å². The SMILES string of the molecule is OCc1cnn(C2CCSC2)c1. The number of rotatable bonds is 2. The summed E-state index contributed by atoms with van der Waals surface area (Å²) in [5.41, 5.74) is 0.909. The summed E-state index contributed by atoms with van der Waals surface area (Å²) >= 11 is 1.97. The highest BCUT2D eigenvalue weighted by Gasteiger charge is 2.17. The van der Waals surface area contributed by atoms with E-state index in [2.05, 4.69) is 5.10 Å². The maximum absolute atomic E-state index is 8.84. The molecule has 2 heterocycles. The zero-order valence-electron chi connectivity index (χ0n) is 6.81. The molecule has 0 amide bonds. The van der Waals surface area contributed by atoms with Gasteiger partial charge in [-0.15, -0.1) is 0 Å². The van der Waals surface area contributed by atoms with E-state index in [1.807, 2.05) is 22.6 Å². The lowest BCUT2D eigenvalue weighted by atomic mass is 10.3. The van der Waals surface area contributed by atoms with Crippen molar-refractivity contribution in [1.29, 1.82) is 0 Å². The van der Waals surface area contributed by atoms with Gasteiger partial charge in [-0.2, -0.15) is 16.9 Å². The van der Waals surface area contributed by atoms with Gasteiger partial charge in [-0.1, -0.05) is 0 Å². The molecule has 12 heavy (non-hydrogen) atoms. The van der Waals surface area contributed by atoms with Crippen molar-refractivity contribution >= 4 is 11.8 Å². The topological polar surface area (TPSA) is 38.1 Å². The van der Waals surface area contributed by atoms with Gasteiger partial charge in [0.15, 0.2) is 0 Å². The number of thioether (sulfide) groups is 1. The molecule has 1 atom stereocenters. The molecule has 0 spiro atoms. The predicted molar refractivity (Wildman–Crippen MR) is 49.1 cm³/mol. The summed E-state index contributed by atoms with van der Waals surface area (Å²) in [6.45, 7) is 0.0971. The van der Waals surface area contributed by atoms with Crippen molar-refractivity contribution < 1.29 is 5.11 Å². The highest BCUT2D eigenvalue weighted by molar-refractivity contribution is 7.99. The summed E-state index contributed by atoms with van der Waals surface area (Å²) in [6, 6.07) is 0.551. The fraction of sp³-hybridized carbons (Fsp3) is 0.625. The van der Waals surface area contributed by atoms with Gasteiger partial charge in [-0.3, -0.25) is 4.68 Å². The highest BCUT2D eigenvalue weighted by atomic mass is 32.2. The Morgan fingerprint density at radius 3 is 3.25 bits per heavy atom. The minimum Gasteiger partial charge on any atom is -0.392 e. The largest absolute Gasteiger partial charge is 0.392 e. The Balaban J connectivity index is 2.11. The van der Waals surface area contributed by atoms with E-state index in [1.165, 1.54) is 12.2 Å². The van der Waals surface area contributed by atoms with Gasteiger partial charge in [0.2, 0.25) is 0 Å². The van der Waals surface area contributed by atoms with E-state index in [-0.39, 0.29) is 6.61 Å². The van der Waals surface area contributed by atoms with Crippen molar-refractivity contribution in [3.8, 4) is 0 Å². The molecule has 1 aromatic heterocycles. The van der Waals surface area contributed by atoms with E-state index in [1.54, 1.807) is 6.20 Å². The lowest BCUT2D eigenvalue weighted by molar-refractivity contribution is 0.281. The number of aliphatic hydroxyl groups is 1. The molecule has 0 aromatic carbocycles. The van der Waals surface area contributed by atoms with E-state index in [4.69, 9.17) is 5.11 Å². The standard InChI is InChI=1S/C8H12N2OS/c11-5-7-3-9-10(4-7)8-1-2-12-6-8/h3-4,8,11H,1-2,5-6H2. The molecule has 4 heteroatoms. The Bertz CT molecular complexity index is 255. The molecule has 66 valence electrons. The molecule has 1 aliphatic heterocycles. The minimum atomic E-state index is 0.0971. The quantitative estimate of drug-likeness (QED) is 0.746. The van der Waals surface area contributed by atoms with Crippen LogP contribution in [0.15, 0.2) is 12.4 Å². The lowest BCUT2D eigenvalue weighted by Gasteiger charge is -2.07. The molecule has 3 nitrogen and oxygen atoms in total. The Hall–Kier alpha value is -0.480. The first kappa shape index (κ1) is 8.13. The normalized spacial score (nSPS) is 23.2. The van der Waals surface area contributed by atoms with Crippen molar-refractivity contribution in [2.24, 2.45) is 0 Å². The predicted octanol–water partition coefficient (Wildman–Crippen LogP) is 1.05. The molecule has 1 fully saturated rings. The number of hydrogen-bond acceptors (Lipinski definition) is 3. The lowest BCUT2D eigenvalue weighted by Crippen LogP contribution is -2.07. The van der Waals surface area contributed by atoms with Crippen LogP contribution in [0.4, 0.5) is 0 Å². The van der Waals surface area contributed by atoms with Gasteiger partial charge in [0, 0.05) is 17.5 Å². The third-order valence-corrected chi connectivity index (χ3v) is 3.26. The molecule has 0 saturated carbocycles. The molecular formula is C8H12N2OS. The van der Waals surface area contributed by atoms with Crippen LogP contribution in [0.2, 0.25) is 0 Å². The van der Waals surface area contributed by atoms with Crippen molar-refractivity contribution in [3.05, 3.63) is 18.0 Å². The number of aliphatic hydroxyl groups excluding tert-OH is 1. The maximum Gasteiger partial charge on any atom is 0.0712 e. The second kappa shape index (κ2) is 3.49. The average molecular weight is 184 g/mol. The average Bonchev–Trinajstić information content (AvgIpc) is 2.75. The molecule has 0 radical (unpaired) electrons. The molecule has 2 rings (SSSR count). The first-order chi connectivity index (χ1) is 5.90. The van der Waals surface area contributed by atoms with Crippen molar-refractivity contribution in [2.75, 3.05) is 11.5 Å². The second-order valence-corrected chi connectivity index (χ2v) is 4.15. The Morgan fingerprint density at radius 1 is 1.75 bits per heavy atom. The van der Waals surface area contributed by atoms with Crippen LogP contribution in [0, 0.1) is 0 Å². The summed E-state index contributed by atoms with van der Waals surface area (Å²) in [5.74, 6) is 2.39. The first-order valence-electron chi connectivity index (χ1n) is 4.12. The molecule has 1 aliphatic rings. The van der Waals surface area contributed by atoms with Gasteiger partial charge in [0.05, 0.1) is 18.8 Å². The van der Waals surface area contributed by atoms with Gasteiger partial charge in [0.1, 0.15) is 0 Å². The van der Waals surface area contributed by atoms with Crippen molar-refractivity contribution in [1.82, 2.24) is 9.78 Å². The Kier molecular flexibility index (Phi) is 2.37. The minimum absolute atomic E-state index is 0.0971. The van der Waals surface area contributed by atoms with Gasteiger partial charge < -0.3 is 5.11 Å².